The van der Waals surface area contributed by atoms with Gasteiger partial charge in [-0.05, 0) is 30.7 Å². The molecule has 33 heavy (non-hydrogen) atoms. The van der Waals surface area contributed by atoms with E-state index in [0.29, 0.717) is 24.3 Å². The molecule has 0 saturated heterocycles. The Kier molecular flexibility index (Phi) is 8.17. The first-order chi connectivity index (χ1) is 15.8. The van der Waals surface area contributed by atoms with Crippen LogP contribution in [0.15, 0.2) is 41.1 Å². The molecule has 0 saturated carbocycles. The lowest BCUT2D eigenvalue weighted by Crippen LogP contribution is -2.55. The van der Waals surface area contributed by atoms with Gasteiger partial charge in [0.2, 0.25) is 11.7 Å². The Morgan fingerprint density at radius 2 is 2.00 bits per heavy atom. The minimum atomic E-state index is -1.02. The van der Waals surface area contributed by atoms with Gasteiger partial charge >= 0.3 is 6.09 Å². The summed E-state index contributed by atoms with van der Waals surface area (Å²) in [7, 11) is 0. The number of ketones is 1. The first kappa shape index (κ1) is 24.0. The average molecular weight is 456 g/mol. The van der Waals surface area contributed by atoms with Gasteiger partial charge in [0.05, 0.1) is 18.3 Å². The molecule has 0 bridgehead atoms. The van der Waals surface area contributed by atoms with Crippen LogP contribution in [0.4, 0.5) is 4.79 Å². The van der Waals surface area contributed by atoms with Gasteiger partial charge in [-0.25, -0.2) is 9.78 Å². The molecule has 0 aliphatic carbocycles. The Morgan fingerprint density at radius 1 is 1.24 bits per heavy atom. The summed E-state index contributed by atoms with van der Waals surface area (Å²) in [6.45, 7) is 3.62. The van der Waals surface area contributed by atoms with Gasteiger partial charge in [0, 0.05) is 0 Å². The van der Waals surface area contributed by atoms with Gasteiger partial charge in [-0.1, -0.05) is 44.2 Å². The zero-order valence-electron chi connectivity index (χ0n) is 18.6. The Labute approximate surface area is 191 Å². The first-order valence-electron chi connectivity index (χ1n) is 10.9. The summed E-state index contributed by atoms with van der Waals surface area (Å²) in [5, 5.41) is 7.69. The van der Waals surface area contributed by atoms with E-state index in [-0.39, 0.29) is 25.5 Å². The number of hydrogen-bond acceptors (Lipinski definition) is 7. The molecule has 3 amide bonds. The van der Waals surface area contributed by atoms with Crippen LogP contribution in [0.5, 0.6) is 0 Å². The third-order valence-electron chi connectivity index (χ3n) is 5.33. The van der Waals surface area contributed by atoms with E-state index in [1.807, 2.05) is 30.3 Å². The number of oxazole rings is 1. The van der Waals surface area contributed by atoms with Gasteiger partial charge in [0.25, 0.3) is 5.91 Å². The number of carbonyl (C=O) groups is 4. The number of nitrogens with one attached hydrogen (secondary N) is 3. The number of hydrogen-bond donors (Lipinski definition) is 3. The number of benzene rings is 1. The molecule has 0 radical (unpaired) electrons. The van der Waals surface area contributed by atoms with Gasteiger partial charge in [-0.15, -0.1) is 0 Å². The lowest BCUT2D eigenvalue weighted by atomic mass is 9.99. The predicted octanol–water partition coefficient (Wildman–Crippen LogP) is 1.63. The molecule has 3 rings (SSSR count). The third kappa shape index (κ3) is 6.64. The number of alkyl carbamates (subject to hydrolysis) is 1. The van der Waals surface area contributed by atoms with Crippen molar-refractivity contribution in [1.29, 1.82) is 0 Å². The fraction of sp³-hybridized carbons (Fsp3) is 0.435. The maximum Gasteiger partial charge on any atom is 0.408 e. The van der Waals surface area contributed by atoms with Crippen LogP contribution < -0.4 is 16.0 Å². The minimum absolute atomic E-state index is 0.0456. The van der Waals surface area contributed by atoms with Crippen LogP contribution in [0.3, 0.4) is 0 Å². The van der Waals surface area contributed by atoms with Crippen LogP contribution in [0.25, 0.3) is 0 Å². The molecule has 2 atom stereocenters. The van der Waals surface area contributed by atoms with Crippen molar-refractivity contribution in [1.82, 2.24) is 20.9 Å². The molecule has 1 aromatic carbocycles. The Morgan fingerprint density at radius 3 is 2.73 bits per heavy atom. The van der Waals surface area contributed by atoms with Gasteiger partial charge < -0.3 is 25.1 Å². The van der Waals surface area contributed by atoms with E-state index in [1.165, 1.54) is 6.39 Å². The van der Waals surface area contributed by atoms with E-state index >= 15 is 0 Å². The van der Waals surface area contributed by atoms with Crippen molar-refractivity contribution in [3.63, 3.8) is 0 Å². The number of fused-ring (bicyclic) bond motifs is 1. The number of Topliss-reactive ketones (excluding diaryl/α,β-unsaturated/α-hetero) is 1. The minimum Gasteiger partial charge on any atom is -0.446 e. The van der Waals surface area contributed by atoms with E-state index < -0.39 is 35.8 Å². The van der Waals surface area contributed by atoms with Crippen molar-refractivity contribution in [2.45, 2.75) is 58.3 Å². The number of ether oxygens (including phenoxy) is 1. The average Bonchev–Trinajstić information content (AvgIpc) is 3.25. The molecule has 2 heterocycles. The quantitative estimate of drug-likeness (QED) is 0.561. The molecule has 2 unspecified atom stereocenters. The second-order valence-electron chi connectivity index (χ2n) is 8.15. The number of carbonyl (C=O) groups excluding carboxylic acids is 4. The molecule has 1 aliphatic rings. The first-order valence-corrected chi connectivity index (χ1v) is 10.9. The van der Waals surface area contributed by atoms with Crippen LogP contribution in [0.2, 0.25) is 0 Å². The van der Waals surface area contributed by atoms with Crippen molar-refractivity contribution in [3.8, 4) is 0 Å². The number of rotatable bonds is 6. The number of nitrogens with zero attached hydrogens (tertiary/aromatic N) is 1. The Balaban J connectivity index is 1.61. The lowest BCUT2D eigenvalue weighted by Gasteiger charge is -2.25. The summed E-state index contributed by atoms with van der Waals surface area (Å²) in [6, 6.07) is 7.19. The summed E-state index contributed by atoms with van der Waals surface area (Å²) >= 11 is 0. The van der Waals surface area contributed by atoms with Crippen LogP contribution in [-0.2, 0) is 38.7 Å². The summed E-state index contributed by atoms with van der Waals surface area (Å²) in [5.41, 5.74) is 1.52. The van der Waals surface area contributed by atoms with Gasteiger partial charge in [-0.3, -0.25) is 14.4 Å². The largest absolute Gasteiger partial charge is 0.446 e. The molecule has 10 nitrogen and oxygen atoms in total. The van der Waals surface area contributed by atoms with Crippen molar-refractivity contribution >= 4 is 23.7 Å². The molecule has 0 spiro atoms. The predicted molar refractivity (Wildman–Crippen MR) is 117 cm³/mol. The summed E-state index contributed by atoms with van der Waals surface area (Å²) < 4.78 is 10.4. The fourth-order valence-corrected chi connectivity index (χ4v) is 3.48. The molecule has 3 N–H and O–H groups in total. The van der Waals surface area contributed by atoms with Gasteiger partial charge in [0.15, 0.2) is 6.39 Å². The fourth-order valence-electron chi connectivity index (χ4n) is 3.48. The third-order valence-corrected chi connectivity index (χ3v) is 5.33. The second kappa shape index (κ2) is 11.3. The monoisotopic (exact) mass is 456 g/mol. The summed E-state index contributed by atoms with van der Waals surface area (Å²) in [4.78, 5) is 54.3. The van der Waals surface area contributed by atoms with Crippen molar-refractivity contribution in [2.24, 2.45) is 5.92 Å². The number of aromatic nitrogens is 1. The van der Waals surface area contributed by atoms with Crippen LogP contribution in [-0.4, -0.2) is 40.8 Å². The van der Waals surface area contributed by atoms with Crippen molar-refractivity contribution in [3.05, 3.63) is 53.7 Å². The molecule has 176 valence electrons. The standard InChI is InChI=1S/C23H28N4O6/c1-14(2)19(27-23(31)32-12-15-7-4-3-5-8-15)21(29)26-17-10-6-9-16-18(33-13-25-16)11-24-22(30)20(17)28/h3-5,7-8,13-14,17,19H,6,9-12H2,1-2H3,(H,24,30)(H,26,29)(H,27,31). The lowest BCUT2D eigenvalue weighted by molar-refractivity contribution is -0.140. The smallest absolute Gasteiger partial charge is 0.408 e. The molecule has 2 aromatic rings. The highest BCUT2D eigenvalue weighted by atomic mass is 16.5. The summed E-state index contributed by atoms with van der Waals surface area (Å²) in [6.07, 6.45) is 1.85. The van der Waals surface area contributed by atoms with E-state index in [9.17, 15) is 19.2 Å². The van der Waals surface area contributed by atoms with Gasteiger partial charge in [0.1, 0.15) is 18.4 Å². The van der Waals surface area contributed by atoms with Gasteiger partial charge in [-0.2, -0.15) is 0 Å². The SMILES string of the molecule is CC(C)C(NC(=O)OCc1ccccc1)C(=O)NC1CCCc2ncoc2CNC(=O)C1=O. The molecule has 1 aromatic heterocycles. The molecular weight excluding hydrogens is 428 g/mol. The highest BCUT2D eigenvalue weighted by Gasteiger charge is 2.32. The van der Waals surface area contributed by atoms with E-state index in [2.05, 4.69) is 20.9 Å². The topological polar surface area (TPSA) is 140 Å². The Hall–Kier alpha value is -3.69. The molecule has 1 aliphatic heterocycles. The normalized spacial score (nSPS) is 17.5. The molecule has 0 fully saturated rings. The van der Waals surface area contributed by atoms with Crippen LogP contribution in [0.1, 0.15) is 43.7 Å². The van der Waals surface area contributed by atoms with Crippen molar-refractivity contribution < 1.29 is 28.3 Å². The second-order valence-corrected chi connectivity index (χ2v) is 8.15. The van der Waals surface area contributed by atoms with E-state index in [0.717, 1.165) is 5.56 Å². The van der Waals surface area contributed by atoms with Crippen LogP contribution in [0, 0.1) is 5.92 Å². The summed E-state index contributed by atoms with van der Waals surface area (Å²) in [5.74, 6) is -1.90. The van der Waals surface area contributed by atoms with E-state index in [1.54, 1.807) is 13.8 Å². The number of amides is 3. The zero-order valence-corrected chi connectivity index (χ0v) is 18.6. The number of aryl methyl sites for hydroxylation is 1. The maximum absolute atomic E-state index is 12.9. The van der Waals surface area contributed by atoms with E-state index in [4.69, 9.17) is 9.15 Å². The van der Waals surface area contributed by atoms with Crippen molar-refractivity contribution in [2.75, 3.05) is 0 Å². The highest BCUT2D eigenvalue weighted by Crippen LogP contribution is 2.14. The zero-order chi connectivity index (χ0) is 23.8. The molecular formula is C23H28N4O6. The Bertz CT molecular complexity index is 988. The highest BCUT2D eigenvalue weighted by molar-refractivity contribution is 6.38. The van der Waals surface area contributed by atoms with Crippen LogP contribution >= 0.6 is 0 Å². The molecule has 10 heteroatoms. The maximum atomic E-state index is 12.9.